The molecule has 0 saturated heterocycles. The van der Waals surface area contributed by atoms with Crippen molar-refractivity contribution in [2.24, 2.45) is 0 Å². The molecular weight excluding hydrogens is 364 g/mol. The van der Waals surface area contributed by atoms with E-state index in [1.54, 1.807) is 54.4 Å². The quantitative estimate of drug-likeness (QED) is 0.513. The highest BCUT2D eigenvalue weighted by molar-refractivity contribution is 7.92. The van der Waals surface area contributed by atoms with Crippen molar-refractivity contribution in [3.63, 3.8) is 0 Å². The highest BCUT2D eigenvalue weighted by Crippen LogP contribution is 2.26. The summed E-state index contributed by atoms with van der Waals surface area (Å²) >= 11 is 0. The maximum absolute atomic E-state index is 13.0. The van der Waals surface area contributed by atoms with Crippen LogP contribution in [0, 0.1) is 0 Å². The van der Waals surface area contributed by atoms with E-state index in [1.165, 1.54) is 29.6 Å². The standard InChI is InChI=1S/C20H24N2O4S/c1-5-22(27(24,25)19-11-9-18(26-4)10-12-19)17-8-6-7-16(15-17)20(23)13-14-21(2)3/h6-15H,5H2,1-4H3. The second-order valence-electron chi connectivity index (χ2n) is 6.04. The molecule has 0 aromatic heterocycles. The zero-order valence-electron chi connectivity index (χ0n) is 15.9. The summed E-state index contributed by atoms with van der Waals surface area (Å²) in [6, 6.07) is 12.8. The number of carbonyl (C=O) groups excluding carboxylic acids is 1. The molecule has 0 unspecified atom stereocenters. The lowest BCUT2D eigenvalue weighted by Crippen LogP contribution is -2.30. The van der Waals surface area contributed by atoms with E-state index in [-0.39, 0.29) is 17.2 Å². The van der Waals surface area contributed by atoms with Crippen molar-refractivity contribution >= 4 is 21.5 Å². The molecule has 0 radical (unpaired) electrons. The Morgan fingerprint density at radius 3 is 2.33 bits per heavy atom. The van der Waals surface area contributed by atoms with Gasteiger partial charge in [0.15, 0.2) is 5.78 Å². The first kappa shape index (κ1) is 20.5. The van der Waals surface area contributed by atoms with Crippen LogP contribution in [-0.2, 0) is 10.0 Å². The molecular formula is C20H24N2O4S. The van der Waals surface area contributed by atoms with E-state index in [2.05, 4.69) is 0 Å². The number of methoxy groups -OCH3 is 1. The summed E-state index contributed by atoms with van der Waals surface area (Å²) in [7, 11) is 1.41. The molecule has 0 fully saturated rings. The van der Waals surface area contributed by atoms with Crippen LogP contribution in [0.15, 0.2) is 65.7 Å². The van der Waals surface area contributed by atoms with Gasteiger partial charge in [-0.1, -0.05) is 12.1 Å². The van der Waals surface area contributed by atoms with Gasteiger partial charge in [-0.2, -0.15) is 0 Å². The highest BCUT2D eigenvalue weighted by atomic mass is 32.2. The molecule has 0 bridgehead atoms. The molecule has 0 aliphatic heterocycles. The van der Waals surface area contributed by atoms with Gasteiger partial charge in [0.05, 0.1) is 17.7 Å². The smallest absolute Gasteiger partial charge is 0.264 e. The lowest BCUT2D eigenvalue weighted by atomic mass is 10.1. The molecule has 6 nitrogen and oxygen atoms in total. The van der Waals surface area contributed by atoms with Gasteiger partial charge in [-0.05, 0) is 43.3 Å². The SMILES string of the molecule is CCN(c1cccc(C(=O)C=CN(C)C)c1)S(=O)(=O)c1ccc(OC)cc1. The first-order chi connectivity index (χ1) is 12.8. The van der Waals surface area contributed by atoms with Gasteiger partial charge in [0.1, 0.15) is 5.75 Å². The minimum absolute atomic E-state index is 0.161. The molecule has 0 amide bonds. The molecule has 2 aromatic carbocycles. The van der Waals surface area contributed by atoms with Gasteiger partial charge < -0.3 is 9.64 Å². The predicted octanol–water partition coefficient (Wildman–Crippen LogP) is 3.17. The monoisotopic (exact) mass is 388 g/mol. The maximum Gasteiger partial charge on any atom is 0.264 e. The summed E-state index contributed by atoms with van der Waals surface area (Å²) in [6.07, 6.45) is 3.11. The van der Waals surface area contributed by atoms with Gasteiger partial charge in [-0.25, -0.2) is 8.42 Å². The zero-order chi connectivity index (χ0) is 20.0. The molecule has 0 N–H and O–H groups in total. The Labute approximate surface area is 160 Å². The highest BCUT2D eigenvalue weighted by Gasteiger charge is 2.24. The van der Waals surface area contributed by atoms with Gasteiger partial charge >= 0.3 is 0 Å². The number of ether oxygens (including phenoxy) is 1. The molecule has 0 aliphatic rings. The molecule has 27 heavy (non-hydrogen) atoms. The Morgan fingerprint density at radius 1 is 1.11 bits per heavy atom. The van der Waals surface area contributed by atoms with Gasteiger partial charge in [0.2, 0.25) is 0 Å². The van der Waals surface area contributed by atoms with Crippen molar-refractivity contribution in [3.05, 3.63) is 66.4 Å². The van der Waals surface area contributed by atoms with E-state index >= 15 is 0 Å². The van der Waals surface area contributed by atoms with Crippen molar-refractivity contribution in [2.75, 3.05) is 32.1 Å². The van der Waals surface area contributed by atoms with Gasteiger partial charge in [0.25, 0.3) is 10.0 Å². The summed E-state index contributed by atoms with van der Waals surface area (Å²) in [5.41, 5.74) is 0.867. The predicted molar refractivity (Wildman–Crippen MR) is 107 cm³/mol. The Balaban J connectivity index is 2.38. The van der Waals surface area contributed by atoms with E-state index < -0.39 is 10.0 Å². The maximum atomic E-state index is 13.0. The zero-order valence-corrected chi connectivity index (χ0v) is 16.7. The summed E-state index contributed by atoms with van der Waals surface area (Å²) in [4.78, 5) is 14.2. The number of sulfonamides is 1. The van der Waals surface area contributed by atoms with E-state index in [4.69, 9.17) is 4.74 Å². The Kier molecular flexibility index (Phi) is 6.63. The van der Waals surface area contributed by atoms with E-state index in [0.29, 0.717) is 17.0 Å². The van der Waals surface area contributed by atoms with Crippen LogP contribution in [0.4, 0.5) is 5.69 Å². The fraction of sp³-hybridized carbons (Fsp3) is 0.250. The number of allylic oxidation sites excluding steroid dienone is 1. The fourth-order valence-corrected chi connectivity index (χ4v) is 3.96. The summed E-state index contributed by atoms with van der Waals surface area (Å²) in [5, 5.41) is 0. The summed E-state index contributed by atoms with van der Waals surface area (Å²) < 4.78 is 32.4. The number of hydrogen-bond acceptors (Lipinski definition) is 5. The van der Waals surface area contributed by atoms with Crippen molar-refractivity contribution in [2.45, 2.75) is 11.8 Å². The lowest BCUT2D eigenvalue weighted by molar-refractivity contribution is 0.104. The minimum Gasteiger partial charge on any atom is -0.497 e. The third-order valence-electron chi connectivity index (χ3n) is 3.88. The average Bonchev–Trinajstić information content (AvgIpc) is 2.66. The van der Waals surface area contributed by atoms with Crippen LogP contribution >= 0.6 is 0 Å². The molecule has 0 atom stereocenters. The van der Waals surface area contributed by atoms with Crippen LogP contribution in [0.1, 0.15) is 17.3 Å². The molecule has 2 aromatic rings. The topological polar surface area (TPSA) is 66.9 Å². The van der Waals surface area contributed by atoms with Crippen LogP contribution in [0.25, 0.3) is 0 Å². The Bertz CT molecular complexity index is 919. The summed E-state index contributed by atoms with van der Waals surface area (Å²) in [6.45, 7) is 1.99. The minimum atomic E-state index is -3.76. The number of rotatable bonds is 8. The van der Waals surface area contributed by atoms with E-state index in [0.717, 1.165) is 0 Å². The number of anilines is 1. The van der Waals surface area contributed by atoms with Crippen molar-refractivity contribution in [1.29, 1.82) is 0 Å². The molecule has 0 spiro atoms. The number of ketones is 1. The molecule has 7 heteroatoms. The fourth-order valence-electron chi connectivity index (χ4n) is 2.49. The van der Waals surface area contributed by atoms with Crippen LogP contribution in [0.5, 0.6) is 5.75 Å². The summed E-state index contributed by atoms with van der Waals surface area (Å²) in [5.74, 6) is 0.390. The number of nitrogens with zero attached hydrogens (tertiary/aromatic N) is 2. The average molecular weight is 388 g/mol. The van der Waals surface area contributed by atoms with Crippen LogP contribution < -0.4 is 9.04 Å². The number of benzene rings is 2. The van der Waals surface area contributed by atoms with Crippen LogP contribution in [-0.4, -0.2) is 46.9 Å². The normalized spacial score (nSPS) is 11.4. The van der Waals surface area contributed by atoms with Crippen LogP contribution in [0.2, 0.25) is 0 Å². The van der Waals surface area contributed by atoms with Gasteiger partial charge in [-0.3, -0.25) is 9.10 Å². The van der Waals surface area contributed by atoms with Crippen molar-refractivity contribution in [3.8, 4) is 5.75 Å². The number of carbonyl (C=O) groups is 1. The molecule has 0 aliphatic carbocycles. The second-order valence-corrected chi connectivity index (χ2v) is 7.90. The molecule has 2 rings (SSSR count). The van der Waals surface area contributed by atoms with Gasteiger partial charge in [0, 0.05) is 38.5 Å². The van der Waals surface area contributed by atoms with Crippen LogP contribution in [0.3, 0.4) is 0 Å². The molecule has 0 heterocycles. The Hall–Kier alpha value is -2.80. The van der Waals surface area contributed by atoms with Crippen molar-refractivity contribution in [1.82, 2.24) is 4.90 Å². The Morgan fingerprint density at radius 2 is 1.78 bits per heavy atom. The molecule has 0 saturated carbocycles. The molecule has 144 valence electrons. The second kappa shape index (κ2) is 8.73. The largest absolute Gasteiger partial charge is 0.497 e. The number of hydrogen-bond donors (Lipinski definition) is 0. The third kappa shape index (κ3) is 4.89. The van der Waals surface area contributed by atoms with E-state index in [1.807, 2.05) is 14.1 Å². The first-order valence-electron chi connectivity index (χ1n) is 8.45. The lowest BCUT2D eigenvalue weighted by Gasteiger charge is -2.23. The van der Waals surface area contributed by atoms with Crippen molar-refractivity contribution < 1.29 is 17.9 Å². The third-order valence-corrected chi connectivity index (χ3v) is 5.79. The van der Waals surface area contributed by atoms with E-state index in [9.17, 15) is 13.2 Å². The first-order valence-corrected chi connectivity index (χ1v) is 9.89. The van der Waals surface area contributed by atoms with Gasteiger partial charge in [-0.15, -0.1) is 0 Å².